The van der Waals surface area contributed by atoms with Gasteiger partial charge in [0.05, 0.1) is 11.8 Å². The third-order valence-corrected chi connectivity index (χ3v) is 7.12. The summed E-state index contributed by atoms with van der Waals surface area (Å²) in [7, 11) is 0. The lowest BCUT2D eigenvalue weighted by atomic mass is 9.92. The predicted molar refractivity (Wildman–Crippen MR) is 117 cm³/mol. The van der Waals surface area contributed by atoms with Crippen molar-refractivity contribution < 1.29 is 19.0 Å². The molecule has 2 atom stereocenters. The van der Waals surface area contributed by atoms with Crippen LogP contribution in [0.15, 0.2) is 29.6 Å². The van der Waals surface area contributed by atoms with Gasteiger partial charge in [-0.15, -0.1) is 0 Å². The lowest BCUT2D eigenvalue weighted by Crippen LogP contribution is -2.39. The number of thioether (sulfide) groups is 1. The second-order valence-electron chi connectivity index (χ2n) is 8.33. The van der Waals surface area contributed by atoms with Crippen molar-refractivity contribution >= 4 is 17.7 Å². The van der Waals surface area contributed by atoms with Gasteiger partial charge >= 0.3 is 0 Å². The van der Waals surface area contributed by atoms with Crippen molar-refractivity contribution in [2.75, 3.05) is 32.2 Å². The van der Waals surface area contributed by atoms with Crippen LogP contribution >= 0.6 is 11.8 Å². The summed E-state index contributed by atoms with van der Waals surface area (Å²) in [4.78, 5) is 24.5. The average Bonchev–Trinajstić information content (AvgIpc) is 3.49. The number of hydrogen-bond acceptors (Lipinski definition) is 7. The highest BCUT2D eigenvalue weighted by Gasteiger charge is 2.29. The summed E-state index contributed by atoms with van der Waals surface area (Å²) in [6, 6.07) is 5.41. The molecule has 31 heavy (non-hydrogen) atoms. The van der Waals surface area contributed by atoms with Crippen molar-refractivity contribution in [2.24, 2.45) is 0 Å². The molecule has 2 aromatic rings. The number of nitrogens with zero attached hydrogens (tertiary/aromatic N) is 3. The van der Waals surface area contributed by atoms with E-state index in [1.807, 2.05) is 23.2 Å². The Morgan fingerprint density at radius 2 is 2.13 bits per heavy atom. The second kappa shape index (κ2) is 9.04. The molecule has 1 aromatic heterocycles. The number of rotatable bonds is 5. The van der Waals surface area contributed by atoms with E-state index < -0.39 is 0 Å². The molecule has 4 heterocycles. The van der Waals surface area contributed by atoms with E-state index in [1.165, 1.54) is 0 Å². The van der Waals surface area contributed by atoms with Crippen LogP contribution in [0.2, 0.25) is 0 Å². The first-order valence-corrected chi connectivity index (χ1v) is 11.9. The fourth-order valence-electron chi connectivity index (χ4n) is 4.46. The molecule has 0 unspecified atom stereocenters. The molecule has 0 N–H and O–H groups in total. The SMILES string of the molecule is Cc1cnc(SC[C@H]2CCCO2)nc1[C@H]1CCCN(C(=O)c2ccc3c(c2)OCO3)C1. The van der Waals surface area contributed by atoms with Gasteiger partial charge in [-0.1, -0.05) is 11.8 Å². The molecular weight excluding hydrogens is 414 g/mol. The summed E-state index contributed by atoms with van der Waals surface area (Å²) in [6.45, 7) is 4.55. The lowest BCUT2D eigenvalue weighted by molar-refractivity contribution is 0.0705. The molecule has 3 aliphatic heterocycles. The van der Waals surface area contributed by atoms with E-state index in [1.54, 1.807) is 17.8 Å². The van der Waals surface area contributed by atoms with Gasteiger partial charge in [-0.05, 0) is 56.4 Å². The Bertz CT molecular complexity index is 964. The van der Waals surface area contributed by atoms with Crippen molar-refractivity contribution in [3.8, 4) is 11.5 Å². The number of benzene rings is 1. The topological polar surface area (TPSA) is 73.8 Å². The molecule has 0 aliphatic carbocycles. The van der Waals surface area contributed by atoms with Gasteiger partial charge in [-0.3, -0.25) is 4.79 Å². The van der Waals surface area contributed by atoms with E-state index in [-0.39, 0.29) is 18.6 Å². The molecule has 2 fully saturated rings. The second-order valence-corrected chi connectivity index (χ2v) is 9.31. The fourth-order valence-corrected chi connectivity index (χ4v) is 5.35. The molecule has 5 rings (SSSR count). The van der Waals surface area contributed by atoms with Gasteiger partial charge in [-0.25, -0.2) is 9.97 Å². The molecule has 1 amide bonds. The summed E-state index contributed by atoms with van der Waals surface area (Å²) in [5.41, 5.74) is 2.79. The van der Waals surface area contributed by atoms with Crippen LogP contribution in [0.5, 0.6) is 11.5 Å². The van der Waals surface area contributed by atoms with E-state index in [9.17, 15) is 4.79 Å². The summed E-state index contributed by atoms with van der Waals surface area (Å²) < 4.78 is 16.5. The summed E-state index contributed by atoms with van der Waals surface area (Å²) in [5, 5.41) is 0.801. The molecule has 0 bridgehead atoms. The van der Waals surface area contributed by atoms with Crippen LogP contribution in [-0.2, 0) is 4.74 Å². The number of aromatic nitrogens is 2. The first kappa shape index (κ1) is 20.6. The van der Waals surface area contributed by atoms with Gasteiger partial charge in [0.15, 0.2) is 16.7 Å². The maximum absolute atomic E-state index is 13.2. The van der Waals surface area contributed by atoms with Crippen molar-refractivity contribution in [2.45, 2.75) is 49.8 Å². The molecule has 0 radical (unpaired) electrons. The smallest absolute Gasteiger partial charge is 0.254 e. The zero-order valence-electron chi connectivity index (χ0n) is 17.7. The van der Waals surface area contributed by atoms with E-state index >= 15 is 0 Å². The van der Waals surface area contributed by atoms with Crippen molar-refractivity contribution in [3.05, 3.63) is 41.2 Å². The third kappa shape index (κ3) is 4.50. The Labute approximate surface area is 186 Å². The number of hydrogen-bond donors (Lipinski definition) is 0. The molecule has 164 valence electrons. The lowest BCUT2D eigenvalue weighted by Gasteiger charge is -2.33. The average molecular weight is 442 g/mol. The van der Waals surface area contributed by atoms with Crippen molar-refractivity contribution in [3.63, 3.8) is 0 Å². The van der Waals surface area contributed by atoms with Crippen molar-refractivity contribution in [1.82, 2.24) is 14.9 Å². The molecule has 8 heteroatoms. The number of piperidine rings is 1. The maximum atomic E-state index is 13.2. The van der Waals surface area contributed by atoms with E-state index in [0.717, 1.165) is 61.0 Å². The van der Waals surface area contributed by atoms with Crippen LogP contribution in [0.1, 0.15) is 53.2 Å². The van der Waals surface area contributed by atoms with Crippen LogP contribution in [0, 0.1) is 6.92 Å². The Kier molecular flexibility index (Phi) is 6.00. The van der Waals surface area contributed by atoms with Crippen LogP contribution in [0.4, 0.5) is 0 Å². The maximum Gasteiger partial charge on any atom is 0.254 e. The Hall–Kier alpha value is -2.32. The van der Waals surface area contributed by atoms with Crippen LogP contribution in [0.25, 0.3) is 0 Å². The minimum absolute atomic E-state index is 0.0303. The summed E-state index contributed by atoms with van der Waals surface area (Å²) in [6.07, 6.45) is 6.47. The van der Waals surface area contributed by atoms with Crippen LogP contribution in [-0.4, -0.2) is 59.1 Å². The monoisotopic (exact) mass is 441 g/mol. The predicted octanol–water partition coefficient (Wildman–Crippen LogP) is 3.80. The number of fused-ring (bicyclic) bond motifs is 1. The first-order chi connectivity index (χ1) is 15.2. The number of amides is 1. The Morgan fingerprint density at radius 3 is 3.00 bits per heavy atom. The zero-order valence-corrected chi connectivity index (χ0v) is 18.5. The number of aryl methyl sites for hydroxylation is 1. The highest BCUT2D eigenvalue weighted by atomic mass is 32.2. The fraction of sp³-hybridized carbons (Fsp3) is 0.522. The van der Waals surface area contributed by atoms with E-state index in [4.69, 9.17) is 19.2 Å². The van der Waals surface area contributed by atoms with Crippen LogP contribution < -0.4 is 9.47 Å². The molecule has 1 aromatic carbocycles. The third-order valence-electron chi connectivity index (χ3n) is 6.13. The van der Waals surface area contributed by atoms with E-state index in [0.29, 0.717) is 29.7 Å². The van der Waals surface area contributed by atoms with Crippen molar-refractivity contribution in [1.29, 1.82) is 0 Å². The highest BCUT2D eigenvalue weighted by molar-refractivity contribution is 7.99. The molecule has 7 nitrogen and oxygen atoms in total. The molecular formula is C23H27N3O4S. The Balaban J connectivity index is 1.28. The van der Waals surface area contributed by atoms with Gasteiger partial charge in [0.25, 0.3) is 5.91 Å². The van der Waals surface area contributed by atoms with Gasteiger partial charge in [0.2, 0.25) is 6.79 Å². The number of ether oxygens (including phenoxy) is 3. The van der Waals surface area contributed by atoms with Gasteiger partial charge in [0.1, 0.15) is 0 Å². The molecule has 2 saturated heterocycles. The standard InChI is InChI=1S/C23H27N3O4S/c1-15-11-24-23(31-13-18-5-3-9-28-18)25-21(15)17-4-2-8-26(12-17)22(27)16-6-7-19-20(10-16)30-14-29-19/h6-7,10-11,17-18H,2-5,8-9,12-14H2,1H3/t17-,18+/m0/s1. The minimum Gasteiger partial charge on any atom is -0.454 e. The van der Waals surface area contributed by atoms with E-state index in [2.05, 4.69) is 11.9 Å². The Morgan fingerprint density at radius 1 is 1.23 bits per heavy atom. The normalized spacial score (nSPS) is 22.7. The first-order valence-electron chi connectivity index (χ1n) is 10.9. The van der Waals surface area contributed by atoms with Gasteiger partial charge in [0, 0.05) is 43.1 Å². The van der Waals surface area contributed by atoms with Gasteiger partial charge in [-0.2, -0.15) is 0 Å². The number of likely N-dealkylation sites (tertiary alicyclic amines) is 1. The van der Waals surface area contributed by atoms with Crippen LogP contribution in [0.3, 0.4) is 0 Å². The molecule has 3 aliphatic rings. The number of carbonyl (C=O) groups is 1. The minimum atomic E-state index is 0.0303. The number of carbonyl (C=O) groups excluding carboxylic acids is 1. The molecule has 0 spiro atoms. The largest absolute Gasteiger partial charge is 0.454 e. The van der Waals surface area contributed by atoms with Gasteiger partial charge < -0.3 is 19.1 Å². The molecule has 0 saturated carbocycles. The zero-order chi connectivity index (χ0) is 21.2. The summed E-state index contributed by atoms with van der Waals surface area (Å²) >= 11 is 1.67. The quantitative estimate of drug-likeness (QED) is 0.516. The highest BCUT2D eigenvalue weighted by Crippen LogP contribution is 2.34. The summed E-state index contributed by atoms with van der Waals surface area (Å²) in [5.74, 6) is 2.47.